The molecule has 3 heterocycles. The lowest BCUT2D eigenvalue weighted by atomic mass is 10.0. The topological polar surface area (TPSA) is 109 Å². The monoisotopic (exact) mass is 301 g/mol. The van der Waals surface area contributed by atoms with Gasteiger partial charge in [0.05, 0.1) is 17.0 Å². The molecular weight excluding hydrogens is 290 g/mol. The van der Waals surface area contributed by atoms with Gasteiger partial charge in [0.15, 0.2) is 0 Å². The fourth-order valence-corrected chi connectivity index (χ4v) is 3.50. The summed E-state index contributed by atoms with van der Waals surface area (Å²) in [7, 11) is 0. The molecule has 8 heteroatoms. The fourth-order valence-electron chi connectivity index (χ4n) is 2.42. The van der Waals surface area contributed by atoms with Crippen molar-refractivity contribution in [3.05, 3.63) is 44.4 Å². The minimum absolute atomic E-state index is 0.0245. The van der Waals surface area contributed by atoms with Crippen LogP contribution >= 0.6 is 11.3 Å². The highest BCUT2D eigenvalue weighted by atomic mass is 32.1. The summed E-state index contributed by atoms with van der Waals surface area (Å²) in [6, 6.07) is 5.24. The summed E-state index contributed by atoms with van der Waals surface area (Å²) in [6.07, 6.45) is 1.99. The number of hydrogen-bond donors (Lipinski definition) is 1. The third-order valence-corrected chi connectivity index (χ3v) is 4.51. The predicted octanol–water partition coefficient (Wildman–Crippen LogP) is 2.07. The molecule has 2 N–H and O–H groups in total. The summed E-state index contributed by atoms with van der Waals surface area (Å²) in [5, 5.41) is 20.3. The first kappa shape index (κ1) is 13.3. The molecule has 1 aliphatic heterocycles. The van der Waals surface area contributed by atoms with E-state index in [1.165, 1.54) is 23.6 Å². The second-order valence-corrected chi connectivity index (χ2v) is 5.79. The van der Waals surface area contributed by atoms with E-state index in [0.717, 1.165) is 16.9 Å². The highest BCUT2D eigenvalue weighted by molar-refractivity contribution is 7.16. The van der Waals surface area contributed by atoms with Gasteiger partial charge in [-0.25, -0.2) is 4.98 Å². The van der Waals surface area contributed by atoms with Crippen molar-refractivity contribution in [3.8, 4) is 6.07 Å². The van der Waals surface area contributed by atoms with E-state index in [4.69, 9.17) is 11.0 Å². The zero-order chi connectivity index (χ0) is 15.0. The van der Waals surface area contributed by atoms with Gasteiger partial charge in [-0.1, -0.05) is 0 Å². The van der Waals surface area contributed by atoms with Crippen LogP contribution in [0.15, 0.2) is 18.3 Å². The molecule has 0 aromatic carbocycles. The van der Waals surface area contributed by atoms with Crippen LogP contribution in [0.25, 0.3) is 0 Å². The number of pyridine rings is 1. The minimum atomic E-state index is -0.468. The molecule has 2 aromatic heterocycles. The first-order valence-corrected chi connectivity index (χ1v) is 7.07. The zero-order valence-electron chi connectivity index (χ0n) is 10.9. The van der Waals surface area contributed by atoms with E-state index in [0.29, 0.717) is 29.5 Å². The number of thiophene rings is 1. The molecule has 0 fully saturated rings. The van der Waals surface area contributed by atoms with Crippen LogP contribution in [-0.2, 0) is 13.0 Å². The molecule has 0 atom stereocenters. The zero-order valence-corrected chi connectivity index (χ0v) is 11.8. The van der Waals surface area contributed by atoms with Gasteiger partial charge in [-0.15, -0.1) is 11.3 Å². The highest BCUT2D eigenvalue weighted by Gasteiger charge is 2.24. The van der Waals surface area contributed by atoms with Gasteiger partial charge in [-0.05, 0) is 18.1 Å². The molecule has 0 radical (unpaired) electrons. The molecule has 2 aromatic rings. The Kier molecular flexibility index (Phi) is 3.19. The molecule has 0 bridgehead atoms. The summed E-state index contributed by atoms with van der Waals surface area (Å²) in [5.41, 5.74) is 7.45. The van der Waals surface area contributed by atoms with Gasteiger partial charge in [-0.2, -0.15) is 5.26 Å². The Bertz CT molecular complexity index is 747. The molecule has 0 spiro atoms. The van der Waals surface area contributed by atoms with Crippen molar-refractivity contribution in [1.82, 2.24) is 4.98 Å². The van der Waals surface area contributed by atoms with E-state index in [1.807, 2.05) is 4.90 Å². The van der Waals surface area contributed by atoms with Crippen molar-refractivity contribution in [2.45, 2.75) is 13.0 Å². The number of nitriles is 1. The van der Waals surface area contributed by atoms with Gasteiger partial charge in [-0.3, -0.25) is 10.1 Å². The molecule has 106 valence electrons. The van der Waals surface area contributed by atoms with Crippen LogP contribution in [-0.4, -0.2) is 16.5 Å². The second-order valence-electron chi connectivity index (χ2n) is 4.66. The standard InChI is InChI=1S/C13H11N5O2S/c14-5-10-9-3-4-17(7-11(9)21-13(10)15)12-2-1-8(6-16-12)18(19)20/h1-2,6H,3-4,7,15H2. The average Bonchev–Trinajstić information content (AvgIpc) is 2.81. The molecule has 1 aliphatic rings. The van der Waals surface area contributed by atoms with Crippen LogP contribution in [0.2, 0.25) is 0 Å². The van der Waals surface area contributed by atoms with Crippen molar-refractivity contribution < 1.29 is 4.92 Å². The first-order valence-electron chi connectivity index (χ1n) is 6.25. The normalized spacial score (nSPS) is 13.6. The number of fused-ring (bicyclic) bond motifs is 1. The summed E-state index contributed by atoms with van der Waals surface area (Å²) >= 11 is 1.43. The lowest BCUT2D eigenvalue weighted by Crippen LogP contribution is -2.30. The van der Waals surface area contributed by atoms with Crippen LogP contribution in [0.5, 0.6) is 0 Å². The van der Waals surface area contributed by atoms with Crippen molar-refractivity contribution in [3.63, 3.8) is 0 Å². The summed E-state index contributed by atoms with van der Waals surface area (Å²) in [4.78, 5) is 17.4. The van der Waals surface area contributed by atoms with Gasteiger partial charge >= 0.3 is 0 Å². The van der Waals surface area contributed by atoms with Gasteiger partial charge in [0, 0.05) is 17.5 Å². The smallest absolute Gasteiger partial charge is 0.287 e. The number of anilines is 2. The number of nitro groups is 1. The molecule has 7 nitrogen and oxygen atoms in total. The van der Waals surface area contributed by atoms with E-state index in [2.05, 4.69) is 11.1 Å². The lowest BCUT2D eigenvalue weighted by molar-refractivity contribution is -0.385. The Morgan fingerprint density at radius 3 is 2.95 bits per heavy atom. The lowest BCUT2D eigenvalue weighted by Gasteiger charge is -2.27. The van der Waals surface area contributed by atoms with Gasteiger partial charge in [0.25, 0.3) is 5.69 Å². The third kappa shape index (κ3) is 2.28. The van der Waals surface area contributed by atoms with Crippen molar-refractivity contribution in [2.75, 3.05) is 17.2 Å². The maximum atomic E-state index is 10.6. The Balaban J connectivity index is 1.86. The van der Waals surface area contributed by atoms with E-state index in [1.54, 1.807) is 6.07 Å². The van der Waals surface area contributed by atoms with Gasteiger partial charge in [0.2, 0.25) is 0 Å². The molecular formula is C13H11N5O2S. The number of rotatable bonds is 2. The average molecular weight is 301 g/mol. The summed E-state index contributed by atoms with van der Waals surface area (Å²) in [5.74, 6) is 0.691. The highest BCUT2D eigenvalue weighted by Crippen LogP contribution is 2.35. The Hall–Kier alpha value is -2.66. The Morgan fingerprint density at radius 2 is 2.33 bits per heavy atom. The minimum Gasteiger partial charge on any atom is -0.389 e. The Labute approximate surface area is 124 Å². The van der Waals surface area contributed by atoms with E-state index in [9.17, 15) is 10.1 Å². The largest absolute Gasteiger partial charge is 0.389 e. The summed E-state index contributed by atoms with van der Waals surface area (Å²) < 4.78 is 0. The molecule has 21 heavy (non-hydrogen) atoms. The molecule has 3 rings (SSSR count). The predicted molar refractivity (Wildman–Crippen MR) is 79.1 cm³/mol. The molecule has 0 saturated carbocycles. The number of aromatic nitrogens is 1. The molecule has 0 saturated heterocycles. The maximum Gasteiger partial charge on any atom is 0.287 e. The molecule has 0 amide bonds. The van der Waals surface area contributed by atoms with Crippen LogP contribution in [0.3, 0.4) is 0 Å². The first-order chi connectivity index (χ1) is 10.1. The molecule has 0 aliphatic carbocycles. The van der Waals surface area contributed by atoms with E-state index < -0.39 is 4.92 Å². The van der Waals surface area contributed by atoms with Crippen LogP contribution in [0.1, 0.15) is 16.0 Å². The van der Waals surface area contributed by atoms with Gasteiger partial charge < -0.3 is 10.6 Å². The fraction of sp³-hybridized carbons (Fsp3) is 0.231. The number of nitrogens with two attached hydrogens (primary N) is 1. The van der Waals surface area contributed by atoms with Crippen LogP contribution in [0.4, 0.5) is 16.5 Å². The van der Waals surface area contributed by atoms with E-state index >= 15 is 0 Å². The van der Waals surface area contributed by atoms with E-state index in [-0.39, 0.29) is 5.69 Å². The van der Waals surface area contributed by atoms with Crippen molar-refractivity contribution in [2.24, 2.45) is 0 Å². The second kappa shape index (κ2) is 5.03. The molecule has 0 unspecified atom stereocenters. The SMILES string of the molecule is N#Cc1c(N)sc2c1CCN(c1ccc([N+](=O)[O-])cn1)C2. The van der Waals surface area contributed by atoms with Gasteiger partial charge in [0.1, 0.15) is 23.1 Å². The van der Waals surface area contributed by atoms with Crippen LogP contribution < -0.4 is 10.6 Å². The van der Waals surface area contributed by atoms with Crippen molar-refractivity contribution in [1.29, 1.82) is 5.26 Å². The summed E-state index contributed by atoms with van der Waals surface area (Å²) in [6.45, 7) is 1.33. The number of nitrogen functional groups attached to an aromatic ring is 1. The third-order valence-electron chi connectivity index (χ3n) is 3.46. The maximum absolute atomic E-state index is 10.6. The number of hydrogen-bond acceptors (Lipinski definition) is 7. The van der Waals surface area contributed by atoms with Crippen molar-refractivity contribution >= 4 is 27.8 Å². The Morgan fingerprint density at radius 1 is 1.52 bits per heavy atom. The quantitative estimate of drug-likeness (QED) is 0.671. The number of nitrogens with zero attached hydrogens (tertiary/aromatic N) is 4. The van der Waals surface area contributed by atoms with Crippen LogP contribution in [0, 0.1) is 21.4 Å².